The van der Waals surface area contributed by atoms with E-state index >= 15 is 0 Å². The van der Waals surface area contributed by atoms with E-state index in [1.165, 1.54) is 0 Å². The van der Waals surface area contributed by atoms with Crippen LogP contribution in [0.15, 0.2) is 28.7 Å². The molecule has 5 aliphatic rings. The number of Topliss-reactive ketones (excluding diaryl/α,β-unsaturated/α-hetero) is 4. The second-order valence-corrected chi connectivity index (χ2v) is 17.3. The number of fused-ring (bicyclic) bond motifs is 3. The highest BCUT2D eigenvalue weighted by molar-refractivity contribution is 6.21. The van der Waals surface area contributed by atoms with E-state index in [9.17, 15) is 19.2 Å². The maximum atomic E-state index is 14.4. The molecule has 0 bridgehead atoms. The van der Waals surface area contributed by atoms with Gasteiger partial charge in [0.25, 0.3) is 0 Å². The maximum absolute atomic E-state index is 14.4. The fourth-order valence-corrected chi connectivity index (χ4v) is 8.95. The van der Waals surface area contributed by atoms with E-state index in [0.29, 0.717) is 71.8 Å². The number of allylic oxidation sites excluding steroid dienone is 4. The Labute approximate surface area is 290 Å². The lowest BCUT2D eigenvalue weighted by Crippen LogP contribution is -2.53. The molecule has 2 atom stereocenters. The molecule has 0 amide bonds. The van der Waals surface area contributed by atoms with Crippen molar-refractivity contribution in [3.8, 4) is 17.2 Å². The van der Waals surface area contributed by atoms with Gasteiger partial charge in [0.15, 0.2) is 23.1 Å². The Morgan fingerprint density at radius 1 is 0.714 bits per heavy atom. The molecule has 0 unspecified atom stereocenters. The van der Waals surface area contributed by atoms with Gasteiger partial charge >= 0.3 is 0 Å². The van der Waals surface area contributed by atoms with Crippen LogP contribution >= 0.6 is 0 Å². The predicted octanol–water partition coefficient (Wildman–Crippen LogP) is 6.58. The number of morpholine rings is 1. The highest BCUT2D eigenvalue weighted by Crippen LogP contribution is 2.63. The van der Waals surface area contributed by atoms with Gasteiger partial charge in [0.05, 0.1) is 34.9 Å². The first-order chi connectivity index (χ1) is 22.7. The monoisotopic (exact) mass is 675 g/mol. The number of carbonyl (C=O) groups is 4. The fraction of sp³-hybridized carbons (Fsp3) is 0.650. The first-order valence-corrected chi connectivity index (χ1v) is 17.9. The van der Waals surface area contributed by atoms with Crippen molar-refractivity contribution in [3.05, 3.63) is 39.9 Å². The molecule has 1 aromatic carbocycles. The zero-order valence-electron chi connectivity index (χ0n) is 31.3. The molecule has 1 aromatic rings. The molecule has 0 spiro atoms. The van der Waals surface area contributed by atoms with Crippen LogP contribution in [0.5, 0.6) is 17.2 Å². The third-order valence-corrected chi connectivity index (χ3v) is 11.6. The minimum absolute atomic E-state index is 0.0698. The molecular weight excluding hydrogens is 622 g/mol. The van der Waals surface area contributed by atoms with Crippen molar-refractivity contribution in [2.75, 3.05) is 39.5 Å². The molecule has 1 saturated heterocycles. The average Bonchev–Trinajstić information content (AvgIpc) is 3.04. The van der Waals surface area contributed by atoms with E-state index in [2.05, 4.69) is 32.6 Å². The number of carbonyl (C=O) groups excluding carboxylic acids is 4. The second-order valence-electron chi connectivity index (χ2n) is 17.3. The van der Waals surface area contributed by atoms with E-state index in [-0.39, 0.29) is 35.0 Å². The zero-order valence-corrected chi connectivity index (χ0v) is 31.3. The van der Waals surface area contributed by atoms with Gasteiger partial charge in [-0.05, 0) is 67.2 Å². The minimum atomic E-state index is -1.24. The summed E-state index contributed by atoms with van der Waals surface area (Å²) in [5, 5.41) is 0. The van der Waals surface area contributed by atoms with Crippen molar-refractivity contribution in [3.63, 3.8) is 0 Å². The largest absolute Gasteiger partial charge is 0.492 e. The van der Waals surface area contributed by atoms with E-state index in [1.807, 2.05) is 33.8 Å². The van der Waals surface area contributed by atoms with E-state index < -0.39 is 33.5 Å². The molecule has 0 saturated carbocycles. The first kappa shape index (κ1) is 35.5. The number of hydrogen-bond acceptors (Lipinski definition) is 9. The summed E-state index contributed by atoms with van der Waals surface area (Å²) in [6.07, 6.45) is 0. The van der Waals surface area contributed by atoms with Gasteiger partial charge in [-0.3, -0.25) is 24.1 Å². The number of ketones is 4. The van der Waals surface area contributed by atoms with Gasteiger partial charge in [0.1, 0.15) is 35.4 Å². The number of hydrogen-bond donors (Lipinski definition) is 0. The van der Waals surface area contributed by atoms with Crippen LogP contribution in [0.4, 0.5) is 0 Å². The number of nitrogens with zero attached hydrogens (tertiary/aromatic N) is 1. The summed E-state index contributed by atoms with van der Waals surface area (Å²) in [6, 6.07) is 1.87. The third-order valence-electron chi connectivity index (χ3n) is 11.6. The minimum Gasteiger partial charge on any atom is -0.492 e. The molecule has 9 nitrogen and oxygen atoms in total. The summed E-state index contributed by atoms with van der Waals surface area (Å²) in [4.78, 5) is 58.8. The molecule has 49 heavy (non-hydrogen) atoms. The Morgan fingerprint density at radius 2 is 1.18 bits per heavy atom. The van der Waals surface area contributed by atoms with Crippen molar-refractivity contribution in [1.29, 1.82) is 0 Å². The smallest absolute Gasteiger partial charge is 0.175 e. The average molecular weight is 676 g/mol. The molecule has 1 fully saturated rings. The summed E-state index contributed by atoms with van der Waals surface area (Å²) in [7, 11) is 0. The summed E-state index contributed by atoms with van der Waals surface area (Å²) in [6.45, 7) is 26.4. The van der Waals surface area contributed by atoms with E-state index in [4.69, 9.17) is 18.9 Å². The van der Waals surface area contributed by atoms with Crippen LogP contribution in [-0.2, 0) is 23.9 Å². The fourth-order valence-electron chi connectivity index (χ4n) is 8.95. The van der Waals surface area contributed by atoms with Gasteiger partial charge in [-0.2, -0.15) is 0 Å². The Kier molecular flexibility index (Phi) is 8.43. The highest BCUT2D eigenvalue weighted by Gasteiger charge is 2.61. The van der Waals surface area contributed by atoms with Gasteiger partial charge in [-0.1, -0.05) is 27.7 Å². The van der Waals surface area contributed by atoms with E-state index in [1.54, 1.807) is 27.7 Å². The molecule has 0 aromatic heterocycles. The number of rotatable bonds is 6. The van der Waals surface area contributed by atoms with Crippen molar-refractivity contribution in [2.45, 2.75) is 94.9 Å². The van der Waals surface area contributed by atoms with Crippen LogP contribution in [0.25, 0.3) is 0 Å². The Morgan fingerprint density at radius 3 is 1.67 bits per heavy atom. The van der Waals surface area contributed by atoms with Gasteiger partial charge in [0.2, 0.25) is 0 Å². The topological polar surface area (TPSA) is 108 Å². The third kappa shape index (κ3) is 5.08. The second kappa shape index (κ2) is 11.6. The Hall–Kier alpha value is -3.30. The van der Waals surface area contributed by atoms with Crippen molar-refractivity contribution >= 4 is 23.1 Å². The van der Waals surface area contributed by atoms with Crippen LogP contribution < -0.4 is 14.2 Å². The van der Waals surface area contributed by atoms with Gasteiger partial charge in [0, 0.05) is 59.8 Å². The van der Waals surface area contributed by atoms with Gasteiger partial charge < -0.3 is 18.9 Å². The van der Waals surface area contributed by atoms with Crippen LogP contribution in [0.2, 0.25) is 0 Å². The lowest BCUT2D eigenvalue weighted by Gasteiger charge is -2.48. The Balaban J connectivity index is 1.62. The molecule has 9 heteroatoms. The molecular formula is C40H53NO8. The van der Waals surface area contributed by atoms with Crippen LogP contribution in [0.1, 0.15) is 106 Å². The van der Waals surface area contributed by atoms with Gasteiger partial charge in [-0.25, -0.2) is 0 Å². The summed E-state index contributed by atoms with van der Waals surface area (Å²) in [5.74, 6) is 0.242. The zero-order chi connectivity index (χ0) is 36.2. The van der Waals surface area contributed by atoms with E-state index in [0.717, 1.165) is 18.7 Å². The van der Waals surface area contributed by atoms with Crippen molar-refractivity contribution in [2.24, 2.45) is 33.5 Å². The lowest BCUT2D eigenvalue weighted by molar-refractivity contribution is -0.146. The molecule has 0 N–H and O–H groups in total. The SMILES string of the molecule is CC(C)[C@@H]1C2=C(Oc3c1c(OCCN1CCOCC1)cc1c3[C@@H](C(C)C)C3=C(O1)C(C)(C)C(=O)C(C)(C)C3=O)C(C)(C)C(=O)C(C)(C)C2=O. The summed E-state index contributed by atoms with van der Waals surface area (Å²) >= 11 is 0. The van der Waals surface area contributed by atoms with Crippen LogP contribution in [-0.4, -0.2) is 67.5 Å². The standard InChI is InChI=1S/C40H53NO8/c1-20(2)24-26-22(47-18-15-41-13-16-46-17-14-41)19-23-27(30(26)49-34-29(24)32(43)38(7,8)36(45)40(34,11)12)25(21(3)4)28-31(42)37(5,6)35(44)39(9,10)33(28)48-23/h19-21,24-25H,13-18H2,1-12H3/t24-,25+/m0/s1. The molecule has 2 aliphatic carbocycles. The quantitative estimate of drug-likeness (QED) is 0.309. The van der Waals surface area contributed by atoms with Crippen LogP contribution in [0, 0.1) is 33.5 Å². The number of ether oxygens (including phenoxy) is 4. The highest BCUT2D eigenvalue weighted by atomic mass is 16.5. The number of benzene rings is 1. The molecule has 3 heterocycles. The molecule has 266 valence electrons. The molecule has 0 radical (unpaired) electrons. The molecule has 3 aliphatic heterocycles. The van der Waals surface area contributed by atoms with Crippen molar-refractivity contribution < 1.29 is 38.1 Å². The van der Waals surface area contributed by atoms with Gasteiger partial charge in [-0.15, -0.1) is 0 Å². The van der Waals surface area contributed by atoms with Crippen molar-refractivity contribution in [1.82, 2.24) is 4.90 Å². The first-order valence-electron chi connectivity index (χ1n) is 17.9. The predicted molar refractivity (Wildman–Crippen MR) is 185 cm³/mol. The summed E-state index contributed by atoms with van der Waals surface area (Å²) < 4.78 is 25.9. The normalized spacial score (nSPS) is 27.0. The molecule has 6 rings (SSSR count). The Bertz CT molecular complexity index is 1710. The maximum Gasteiger partial charge on any atom is 0.175 e. The van der Waals surface area contributed by atoms with Crippen LogP contribution in [0.3, 0.4) is 0 Å². The lowest BCUT2D eigenvalue weighted by atomic mass is 9.58. The summed E-state index contributed by atoms with van der Waals surface area (Å²) in [5.41, 5.74) is -2.21.